The van der Waals surface area contributed by atoms with Crippen LogP contribution in [0.2, 0.25) is 0 Å². The van der Waals surface area contributed by atoms with Gasteiger partial charge in [0, 0.05) is 11.1 Å². The average molecular weight is 626 g/mol. The molecule has 0 atom stereocenters. The van der Waals surface area contributed by atoms with Crippen LogP contribution in [0.5, 0.6) is 0 Å². The molecule has 4 aromatic carbocycles. The summed E-state index contributed by atoms with van der Waals surface area (Å²) in [6.07, 6.45) is 0. The van der Waals surface area contributed by atoms with Crippen molar-refractivity contribution in [3.05, 3.63) is 128 Å². The third kappa shape index (κ3) is 4.37. The molecule has 1 aliphatic rings. The van der Waals surface area contributed by atoms with Crippen LogP contribution in [0.25, 0.3) is 0 Å². The summed E-state index contributed by atoms with van der Waals surface area (Å²) in [6.45, 7) is 0. The molecule has 0 aromatic heterocycles. The zero-order chi connectivity index (χ0) is 32.4. The maximum Gasteiger partial charge on any atom is 0.261 e. The highest BCUT2D eigenvalue weighted by Gasteiger charge is 2.37. The van der Waals surface area contributed by atoms with Crippen molar-refractivity contribution in [2.24, 2.45) is 0 Å². The molecule has 16 heteroatoms. The van der Waals surface area contributed by atoms with Crippen molar-refractivity contribution >= 4 is 34.8 Å². The number of halogens is 10. The zero-order valence-electron chi connectivity index (χ0n) is 20.9. The Morgan fingerprint density at radius 1 is 0.432 bits per heavy atom. The molecule has 44 heavy (non-hydrogen) atoms. The van der Waals surface area contributed by atoms with E-state index in [0.29, 0.717) is 12.1 Å². The van der Waals surface area contributed by atoms with Crippen LogP contribution in [0.15, 0.2) is 36.4 Å². The van der Waals surface area contributed by atoms with Crippen LogP contribution in [-0.4, -0.2) is 23.4 Å². The van der Waals surface area contributed by atoms with E-state index in [1.165, 1.54) is 12.1 Å². The largest absolute Gasteiger partial charge is 0.321 e. The number of amides is 2. The van der Waals surface area contributed by atoms with Crippen LogP contribution < -0.4 is 10.6 Å². The molecule has 6 nitrogen and oxygen atoms in total. The highest BCUT2D eigenvalue weighted by molar-refractivity contribution is 6.33. The highest BCUT2D eigenvalue weighted by atomic mass is 19.2. The standard InChI is InChI=1S/C28H8F10N2O4/c29-15-13(16(30)20(34)23(37)19(15)33)27(43)39-9-5-6-10(12-11(9)25(41)7-3-1-2-4-8(7)26(12)42)40-28(44)14-17(31)21(35)24(38)22(36)18(14)32/h1-6H,(H,39,43)(H,40,44). The predicted octanol–water partition coefficient (Wildman–Crippen LogP) is 6.36. The van der Waals surface area contributed by atoms with Gasteiger partial charge in [-0.15, -0.1) is 0 Å². The number of hydrogen-bond acceptors (Lipinski definition) is 4. The van der Waals surface area contributed by atoms with Gasteiger partial charge in [0.25, 0.3) is 11.8 Å². The van der Waals surface area contributed by atoms with E-state index in [1.54, 1.807) is 10.6 Å². The molecule has 2 amide bonds. The summed E-state index contributed by atoms with van der Waals surface area (Å²) >= 11 is 0. The van der Waals surface area contributed by atoms with Crippen molar-refractivity contribution in [2.75, 3.05) is 10.6 Å². The van der Waals surface area contributed by atoms with Crippen molar-refractivity contribution in [2.45, 2.75) is 0 Å². The third-order valence-electron chi connectivity index (χ3n) is 6.45. The first-order chi connectivity index (χ1) is 20.7. The van der Waals surface area contributed by atoms with E-state index >= 15 is 0 Å². The first kappa shape index (κ1) is 29.9. The number of rotatable bonds is 4. The van der Waals surface area contributed by atoms with Gasteiger partial charge in [0.15, 0.2) is 58.1 Å². The SMILES string of the molecule is O=C(Nc1ccc(NC(=O)c2c(F)c(F)c(F)c(F)c2F)c2c1C(=O)c1ccccc1C2=O)c1c(F)c(F)c(F)c(F)c1F. The van der Waals surface area contributed by atoms with E-state index < -0.39 is 115 Å². The van der Waals surface area contributed by atoms with Gasteiger partial charge in [-0.25, -0.2) is 43.9 Å². The van der Waals surface area contributed by atoms with Gasteiger partial charge < -0.3 is 10.6 Å². The lowest BCUT2D eigenvalue weighted by Gasteiger charge is -2.23. The van der Waals surface area contributed by atoms with Crippen LogP contribution in [0, 0.1) is 58.2 Å². The summed E-state index contributed by atoms with van der Waals surface area (Å²) in [4.78, 5) is 52.3. The van der Waals surface area contributed by atoms with E-state index in [9.17, 15) is 63.1 Å². The Morgan fingerprint density at radius 3 is 1.00 bits per heavy atom. The van der Waals surface area contributed by atoms with Gasteiger partial charge in [0.2, 0.25) is 11.6 Å². The van der Waals surface area contributed by atoms with E-state index in [4.69, 9.17) is 0 Å². The number of ketones is 2. The molecule has 0 saturated heterocycles. The second-order valence-electron chi connectivity index (χ2n) is 8.91. The summed E-state index contributed by atoms with van der Waals surface area (Å²) in [6, 6.07) is 6.25. The topological polar surface area (TPSA) is 92.3 Å². The van der Waals surface area contributed by atoms with Gasteiger partial charge in [-0.2, -0.15) is 0 Å². The van der Waals surface area contributed by atoms with Gasteiger partial charge in [-0.05, 0) is 12.1 Å². The monoisotopic (exact) mass is 626 g/mol. The van der Waals surface area contributed by atoms with Crippen LogP contribution in [0.4, 0.5) is 55.3 Å². The Morgan fingerprint density at radius 2 is 0.705 bits per heavy atom. The van der Waals surface area contributed by atoms with Gasteiger partial charge in [-0.1, -0.05) is 24.3 Å². The van der Waals surface area contributed by atoms with Gasteiger partial charge in [-0.3, -0.25) is 19.2 Å². The maximum absolute atomic E-state index is 14.3. The van der Waals surface area contributed by atoms with Crippen molar-refractivity contribution < 1.29 is 63.1 Å². The maximum atomic E-state index is 14.3. The Kier molecular flexibility index (Phi) is 7.23. The minimum absolute atomic E-state index is 0.319. The number of carbonyl (C=O) groups is 4. The van der Waals surface area contributed by atoms with E-state index in [2.05, 4.69) is 0 Å². The summed E-state index contributed by atoms with van der Waals surface area (Å²) in [5.41, 5.74) is -7.77. The molecular weight excluding hydrogens is 618 g/mol. The van der Waals surface area contributed by atoms with Crippen LogP contribution in [0.3, 0.4) is 0 Å². The van der Waals surface area contributed by atoms with Gasteiger partial charge >= 0.3 is 0 Å². The minimum atomic E-state index is -2.57. The third-order valence-corrected chi connectivity index (χ3v) is 6.45. The fourth-order valence-electron chi connectivity index (χ4n) is 4.41. The quantitative estimate of drug-likeness (QED) is 0.138. The molecule has 0 aliphatic heterocycles. The second-order valence-corrected chi connectivity index (χ2v) is 8.91. The molecule has 0 spiro atoms. The van der Waals surface area contributed by atoms with Gasteiger partial charge in [0.05, 0.1) is 22.5 Å². The minimum Gasteiger partial charge on any atom is -0.321 e. The molecule has 2 N–H and O–H groups in total. The number of nitrogens with one attached hydrogen (secondary N) is 2. The molecular formula is C28H8F10N2O4. The molecule has 0 bridgehead atoms. The van der Waals surface area contributed by atoms with Crippen molar-refractivity contribution in [3.63, 3.8) is 0 Å². The molecule has 0 radical (unpaired) electrons. The first-order valence-corrected chi connectivity index (χ1v) is 11.7. The molecule has 4 aromatic rings. The molecule has 0 saturated carbocycles. The van der Waals surface area contributed by atoms with Crippen molar-refractivity contribution in [1.82, 2.24) is 0 Å². The highest BCUT2D eigenvalue weighted by Crippen LogP contribution is 2.38. The van der Waals surface area contributed by atoms with Gasteiger partial charge in [0.1, 0.15) is 11.1 Å². The smallest absolute Gasteiger partial charge is 0.261 e. The van der Waals surface area contributed by atoms with E-state index in [-0.39, 0.29) is 11.1 Å². The average Bonchev–Trinajstić information content (AvgIpc) is 3.00. The number of anilines is 2. The van der Waals surface area contributed by atoms with E-state index in [0.717, 1.165) is 12.1 Å². The Balaban J connectivity index is 1.66. The van der Waals surface area contributed by atoms with Crippen molar-refractivity contribution in [3.8, 4) is 0 Å². The predicted molar refractivity (Wildman–Crippen MR) is 128 cm³/mol. The second kappa shape index (κ2) is 10.6. The number of fused-ring (bicyclic) bond motifs is 2. The fourth-order valence-corrected chi connectivity index (χ4v) is 4.41. The van der Waals surface area contributed by atoms with Crippen molar-refractivity contribution in [1.29, 1.82) is 0 Å². The number of hydrogen-bond donors (Lipinski definition) is 2. The first-order valence-electron chi connectivity index (χ1n) is 11.7. The molecule has 0 unspecified atom stereocenters. The Hall–Kier alpha value is -5.54. The van der Waals surface area contributed by atoms with Crippen LogP contribution in [0.1, 0.15) is 52.6 Å². The fraction of sp³-hybridized carbons (Fsp3) is 0. The molecule has 5 rings (SSSR count). The normalized spacial score (nSPS) is 12.1. The summed E-state index contributed by atoms with van der Waals surface area (Å²) in [5.74, 6) is -31.3. The van der Waals surface area contributed by atoms with E-state index in [1.807, 2.05) is 0 Å². The molecule has 0 fully saturated rings. The Bertz CT molecular complexity index is 1810. The molecule has 1 aliphatic carbocycles. The lowest BCUT2D eigenvalue weighted by molar-refractivity contribution is 0.0976. The summed E-state index contributed by atoms with van der Waals surface area (Å²) in [5, 5.41) is 3.51. The molecule has 224 valence electrons. The number of benzene rings is 4. The zero-order valence-corrected chi connectivity index (χ0v) is 20.9. The summed E-state index contributed by atoms with van der Waals surface area (Å²) < 4.78 is 139. The summed E-state index contributed by atoms with van der Waals surface area (Å²) in [7, 11) is 0. The number of carbonyl (C=O) groups excluding carboxylic acids is 4. The lowest BCUT2D eigenvalue weighted by atomic mass is 9.82. The lowest BCUT2D eigenvalue weighted by Crippen LogP contribution is -2.27. The Labute approximate surface area is 236 Å². The molecule has 0 heterocycles. The van der Waals surface area contributed by atoms with Crippen LogP contribution >= 0.6 is 0 Å². The van der Waals surface area contributed by atoms with Crippen LogP contribution in [-0.2, 0) is 0 Å².